The average molecular weight is 262 g/mol. The number of benzene rings is 1. The highest BCUT2D eigenvalue weighted by atomic mass is 16.5. The second-order valence-corrected chi connectivity index (χ2v) is 4.37. The zero-order valence-electron chi connectivity index (χ0n) is 10.9. The number of methoxy groups -OCH3 is 1. The zero-order chi connectivity index (χ0) is 13.7. The molecule has 1 aromatic carbocycles. The van der Waals surface area contributed by atoms with Gasteiger partial charge in [-0.05, 0) is 18.6 Å². The number of likely N-dealkylation sites (tertiary alicyclic amines) is 1. The smallest absolute Gasteiger partial charge is 0.407 e. The van der Waals surface area contributed by atoms with Crippen LogP contribution in [-0.4, -0.2) is 43.2 Å². The minimum atomic E-state index is -0.412. The molecule has 0 radical (unpaired) electrons. The molecule has 1 saturated heterocycles. The Kier molecular flexibility index (Phi) is 4.22. The highest BCUT2D eigenvalue weighted by Gasteiger charge is 2.25. The summed E-state index contributed by atoms with van der Waals surface area (Å²) in [5, 5.41) is 2.76. The van der Waals surface area contributed by atoms with Gasteiger partial charge < -0.3 is 20.7 Å². The Morgan fingerprint density at radius 3 is 2.89 bits per heavy atom. The monoisotopic (exact) mass is 262 g/mol. The number of nitrogens with one attached hydrogen (secondary N) is 1. The lowest BCUT2D eigenvalue weighted by Crippen LogP contribution is -2.40. The highest BCUT2D eigenvalue weighted by Crippen LogP contribution is 2.13. The maximum absolute atomic E-state index is 11.1. The number of carbonyl (C=O) groups excluding carboxylic acids is 1. The predicted octanol–water partition coefficient (Wildman–Crippen LogP) is 1.06. The molecule has 0 spiro atoms. The molecule has 6 nitrogen and oxygen atoms in total. The van der Waals surface area contributed by atoms with Gasteiger partial charge in [0.05, 0.1) is 18.8 Å². The molecule has 1 unspecified atom stereocenters. The van der Waals surface area contributed by atoms with E-state index in [2.05, 4.69) is 15.0 Å². The molecule has 1 aliphatic rings. The van der Waals surface area contributed by atoms with Crippen molar-refractivity contribution in [2.75, 3.05) is 20.2 Å². The fraction of sp³-hybridized carbons (Fsp3) is 0.385. The van der Waals surface area contributed by atoms with Crippen LogP contribution in [0.1, 0.15) is 6.42 Å². The van der Waals surface area contributed by atoms with E-state index in [9.17, 15) is 4.79 Å². The number of aliphatic imine (C=N–C) groups is 1. The zero-order valence-corrected chi connectivity index (χ0v) is 10.9. The quantitative estimate of drug-likeness (QED) is 0.617. The number of nitrogens with zero attached hydrogens (tertiary/aromatic N) is 2. The third-order valence-corrected chi connectivity index (χ3v) is 3.02. The van der Waals surface area contributed by atoms with Gasteiger partial charge in [0.15, 0.2) is 5.96 Å². The van der Waals surface area contributed by atoms with Gasteiger partial charge in [-0.25, -0.2) is 9.79 Å². The van der Waals surface area contributed by atoms with Crippen LogP contribution >= 0.6 is 0 Å². The van der Waals surface area contributed by atoms with Gasteiger partial charge in [-0.3, -0.25) is 0 Å². The van der Waals surface area contributed by atoms with E-state index in [4.69, 9.17) is 5.73 Å². The third-order valence-electron chi connectivity index (χ3n) is 3.02. The number of para-hydroxylation sites is 1. The Balaban J connectivity index is 1.93. The second-order valence-electron chi connectivity index (χ2n) is 4.37. The Labute approximate surface area is 112 Å². The van der Waals surface area contributed by atoms with E-state index in [1.165, 1.54) is 7.11 Å². The van der Waals surface area contributed by atoms with E-state index in [-0.39, 0.29) is 6.04 Å². The Morgan fingerprint density at radius 1 is 1.47 bits per heavy atom. The minimum Gasteiger partial charge on any atom is -0.453 e. The highest BCUT2D eigenvalue weighted by molar-refractivity contribution is 5.81. The van der Waals surface area contributed by atoms with Crippen molar-refractivity contribution in [1.82, 2.24) is 10.2 Å². The number of guanidine groups is 1. The summed E-state index contributed by atoms with van der Waals surface area (Å²) in [5.74, 6) is 0.473. The van der Waals surface area contributed by atoms with Gasteiger partial charge in [-0.1, -0.05) is 18.2 Å². The van der Waals surface area contributed by atoms with Gasteiger partial charge in [-0.2, -0.15) is 0 Å². The van der Waals surface area contributed by atoms with Gasteiger partial charge in [0.25, 0.3) is 0 Å². The average Bonchev–Trinajstić information content (AvgIpc) is 2.88. The molecule has 1 aliphatic heterocycles. The van der Waals surface area contributed by atoms with Crippen LogP contribution in [0.2, 0.25) is 0 Å². The summed E-state index contributed by atoms with van der Waals surface area (Å²) in [7, 11) is 1.35. The summed E-state index contributed by atoms with van der Waals surface area (Å²) in [5.41, 5.74) is 6.79. The molecule has 1 fully saturated rings. The Hall–Kier alpha value is -2.24. The number of rotatable bonds is 2. The van der Waals surface area contributed by atoms with Crippen molar-refractivity contribution in [2.24, 2.45) is 10.7 Å². The molecule has 19 heavy (non-hydrogen) atoms. The summed E-state index contributed by atoms with van der Waals surface area (Å²) in [4.78, 5) is 17.4. The SMILES string of the molecule is COC(=O)NC1CCN(C(N)=Nc2ccccc2)C1. The lowest BCUT2D eigenvalue weighted by atomic mass is 10.3. The van der Waals surface area contributed by atoms with E-state index in [1.54, 1.807) is 0 Å². The van der Waals surface area contributed by atoms with Gasteiger partial charge in [0.2, 0.25) is 0 Å². The molecule has 1 amide bonds. The molecule has 3 N–H and O–H groups in total. The van der Waals surface area contributed by atoms with Crippen molar-refractivity contribution < 1.29 is 9.53 Å². The summed E-state index contributed by atoms with van der Waals surface area (Å²) in [6, 6.07) is 9.61. The number of ether oxygens (including phenoxy) is 1. The summed E-state index contributed by atoms with van der Waals surface area (Å²) in [6.07, 6.45) is 0.422. The predicted molar refractivity (Wildman–Crippen MR) is 73.2 cm³/mol. The first kappa shape index (κ1) is 13.2. The molecule has 0 aliphatic carbocycles. The molecule has 102 valence electrons. The maximum atomic E-state index is 11.1. The fourth-order valence-corrected chi connectivity index (χ4v) is 2.02. The molecule has 6 heteroatoms. The molecular weight excluding hydrogens is 244 g/mol. The van der Waals surface area contributed by atoms with Crippen LogP contribution < -0.4 is 11.1 Å². The molecule has 2 rings (SSSR count). The van der Waals surface area contributed by atoms with Crippen LogP contribution in [-0.2, 0) is 4.74 Å². The van der Waals surface area contributed by atoms with Crippen molar-refractivity contribution >= 4 is 17.7 Å². The lowest BCUT2D eigenvalue weighted by Gasteiger charge is -2.17. The third kappa shape index (κ3) is 3.61. The number of hydrogen-bond acceptors (Lipinski definition) is 3. The Morgan fingerprint density at radius 2 is 2.21 bits per heavy atom. The fourth-order valence-electron chi connectivity index (χ4n) is 2.02. The molecular formula is C13H18N4O2. The van der Waals surface area contributed by atoms with Crippen LogP contribution in [0, 0.1) is 0 Å². The standard InChI is InChI=1S/C13H18N4O2/c1-19-13(18)16-11-7-8-17(9-11)12(14)15-10-5-3-2-4-6-10/h2-6,11H,7-9H2,1H3,(H2,14,15)(H,16,18). The van der Waals surface area contributed by atoms with Gasteiger partial charge >= 0.3 is 6.09 Å². The van der Waals surface area contributed by atoms with E-state index < -0.39 is 6.09 Å². The minimum absolute atomic E-state index is 0.0528. The summed E-state index contributed by atoms with van der Waals surface area (Å²) < 4.78 is 4.57. The Bertz CT molecular complexity index is 461. The lowest BCUT2D eigenvalue weighted by molar-refractivity contribution is 0.167. The van der Waals surface area contributed by atoms with Crippen LogP contribution in [0.4, 0.5) is 10.5 Å². The van der Waals surface area contributed by atoms with Crippen LogP contribution in [0.15, 0.2) is 35.3 Å². The van der Waals surface area contributed by atoms with Gasteiger partial charge in [0, 0.05) is 13.1 Å². The van der Waals surface area contributed by atoms with Crippen molar-refractivity contribution in [2.45, 2.75) is 12.5 Å². The van der Waals surface area contributed by atoms with Gasteiger partial charge in [0.1, 0.15) is 0 Å². The summed E-state index contributed by atoms with van der Waals surface area (Å²) >= 11 is 0. The largest absolute Gasteiger partial charge is 0.453 e. The maximum Gasteiger partial charge on any atom is 0.407 e. The normalized spacial score (nSPS) is 19.3. The van der Waals surface area contributed by atoms with Crippen molar-refractivity contribution in [3.05, 3.63) is 30.3 Å². The first-order valence-corrected chi connectivity index (χ1v) is 6.17. The number of carbonyl (C=O) groups is 1. The second kappa shape index (κ2) is 6.08. The molecule has 0 saturated carbocycles. The molecule has 0 bridgehead atoms. The van der Waals surface area contributed by atoms with Crippen molar-refractivity contribution in [1.29, 1.82) is 0 Å². The first-order valence-electron chi connectivity index (χ1n) is 6.17. The number of alkyl carbamates (subject to hydrolysis) is 1. The molecule has 1 heterocycles. The number of amides is 1. The van der Waals surface area contributed by atoms with Crippen molar-refractivity contribution in [3.8, 4) is 0 Å². The van der Waals surface area contributed by atoms with Crippen LogP contribution in [0.3, 0.4) is 0 Å². The van der Waals surface area contributed by atoms with Gasteiger partial charge in [-0.15, -0.1) is 0 Å². The number of hydrogen-bond donors (Lipinski definition) is 2. The topological polar surface area (TPSA) is 80.0 Å². The van der Waals surface area contributed by atoms with E-state index in [0.29, 0.717) is 12.5 Å². The van der Waals surface area contributed by atoms with E-state index in [1.807, 2.05) is 35.2 Å². The molecule has 0 aromatic heterocycles. The van der Waals surface area contributed by atoms with Crippen LogP contribution in [0.25, 0.3) is 0 Å². The van der Waals surface area contributed by atoms with Crippen molar-refractivity contribution in [3.63, 3.8) is 0 Å². The van der Waals surface area contributed by atoms with Crippen LogP contribution in [0.5, 0.6) is 0 Å². The summed E-state index contributed by atoms with van der Waals surface area (Å²) in [6.45, 7) is 1.42. The number of nitrogens with two attached hydrogens (primary N) is 1. The van der Waals surface area contributed by atoms with E-state index in [0.717, 1.165) is 18.7 Å². The molecule has 1 atom stereocenters. The van der Waals surface area contributed by atoms with E-state index >= 15 is 0 Å². The first-order chi connectivity index (χ1) is 9.19. The molecule has 1 aromatic rings.